The van der Waals surface area contributed by atoms with Crippen molar-refractivity contribution in [2.24, 2.45) is 5.92 Å². The highest BCUT2D eigenvalue weighted by Crippen LogP contribution is 2.38. The van der Waals surface area contributed by atoms with Gasteiger partial charge in [-0.15, -0.1) is 0 Å². The highest BCUT2D eigenvalue weighted by molar-refractivity contribution is 5.33. The summed E-state index contributed by atoms with van der Waals surface area (Å²) < 4.78 is 0. The first-order chi connectivity index (χ1) is 11.7. The normalized spacial score (nSPS) is 17.3. The number of rotatable bonds is 7. The Morgan fingerprint density at radius 1 is 1.00 bits per heavy atom. The van der Waals surface area contributed by atoms with Gasteiger partial charge in [0.1, 0.15) is 19.6 Å². The van der Waals surface area contributed by atoms with E-state index in [1.54, 1.807) is 0 Å². The van der Waals surface area contributed by atoms with E-state index in [1.807, 2.05) is 30.3 Å². The average molecular weight is 368 g/mol. The summed E-state index contributed by atoms with van der Waals surface area (Å²) in [4.78, 5) is 1.03. The van der Waals surface area contributed by atoms with Crippen LogP contribution in [0, 0.1) is 17.8 Å². The van der Waals surface area contributed by atoms with Crippen LogP contribution in [-0.2, 0) is 5.60 Å². The molecular weight excluding hydrogens is 338 g/mol. The molecule has 1 atom stereocenters. The van der Waals surface area contributed by atoms with E-state index in [4.69, 9.17) is 10.2 Å². The summed E-state index contributed by atoms with van der Waals surface area (Å²) in [5.74, 6) is 6.45. The monoisotopic (exact) mass is 367 g/mol. The second-order valence-electron chi connectivity index (χ2n) is 6.64. The summed E-state index contributed by atoms with van der Waals surface area (Å²) >= 11 is 0. The van der Waals surface area contributed by atoms with E-state index < -0.39 is 5.60 Å². The first-order valence-corrected chi connectivity index (χ1v) is 9.04. The fourth-order valence-electron chi connectivity index (χ4n) is 3.54. The fourth-order valence-corrected chi connectivity index (χ4v) is 3.54. The van der Waals surface area contributed by atoms with Crippen LogP contribution in [0.15, 0.2) is 30.3 Å². The molecule has 2 rings (SSSR count). The summed E-state index contributed by atoms with van der Waals surface area (Å²) in [5, 5.41) is 29.6. The molecule has 1 aliphatic rings. The van der Waals surface area contributed by atoms with Gasteiger partial charge in [-0.25, -0.2) is 0 Å². The van der Waals surface area contributed by atoms with E-state index in [2.05, 4.69) is 11.8 Å². The number of benzene rings is 1. The van der Waals surface area contributed by atoms with Crippen molar-refractivity contribution in [1.29, 1.82) is 0 Å². The molecule has 1 aliphatic carbocycles. The van der Waals surface area contributed by atoms with Gasteiger partial charge in [0, 0.05) is 5.92 Å². The van der Waals surface area contributed by atoms with Crippen LogP contribution in [0.5, 0.6) is 0 Å². The molecule has 1 aromatic rings. The topological polar surface area (TPSA) is 65.1 Å². The number of quaternary nitrogens is 1. The molecule has 5 heteroatoms. The third-order valence-corrected chi connectivity index (χ3v) is 4.96. The minimum Gasteiger partial charge on any atom is -1.00 e. The maximum absolute atomic E-state index is 11.4. The van der Waals surface area contributed by atoms with Crippen LogP contribution in [0.2, 0.25) is 0 Å². The van der Waals surface area contributed by atoms with E-state index >= 15 is 0 Å². The van der Waals surface area contributed by atoms with Crippen LogP contribution < -0.4 is 17.3 Å². The maximum Gasteiger partial charge on any atom is 0.153 e. The van der Waals surface area contributed by atoms with Crippen molar-refractivity contribution in [1.82, 2.24) is 0 Å². The van der Waals surface area contributed by atoms with Gasteiger partial charge in [0.05, 0.1) is 13.2 Å². The van der Waals surface area contributed by atoms with Crippen LogP contribution in [0.4, 0.5) is 0 Å². The molecule has 0 spiro atoms. The van der Waals surface area contributed by atoms with E-state index in [0.29, 0.717) is 19.6 Å². The Balaban J connectivity index is 0.00000312. The molecule has 25 heavy (non-hydrogen) atoms. The van der Waals surface area contributed by atoms with Gasteiger partial charge in [-0.2, -0.15) is 0 Å². The first kappa shape index (κ1) is 22.0. The van der Waals surface area contributed by atoms with Crippen LogP contribution >= 0.6 is 0 Å². The van der Waals surface area contributed by atoms with Crippen molar-refractivity contribution < 1.29 is 32.6 Å². The lowest BCUT2D eigenvalue weighted by atomic mass is 9.73. The molecule has 4 nitrogen and oxygen atoms in total. The number of aliphatic hydroxyl groups excluding tert-OH is 2. The van der Waals surface area contributed by atoms with Gasteiger partial charge in [-0.3, -0.25) is 0 Å². The van der Waals surface area contributed by atoms with Gasteiger partial charge >= 0.3 is 0 Å². The van der Waals surface area contributed by atoms with Crippen LogP contribution in [0.3, 0.4) is 0 Å². The summed E-state index contributed by atoms with van der Waals surface area (Å²) in [6.45, 7) is 1.78. The largest absolute Gasteiger partial charge is 1.00 e. The molecule has 0 radical (unpaired) electrons. The predicted molar refractivity (Wildman–Crippen MR) is 94.4 cm³/mol. The van der Waals surface area contributed by atoms with Crippen molar-refractivity contribution in [2.75, 3.05) is 32.8 Å². The zero-order chi connectivity index (χ0) is 17.3. The molecule has 1 aromatic carbocycles. The minimum absolute atomic E-state index is 0. The Labute approximate surface area is 157 Å². The second-order valence-corrected chi connectivity index (χ2v) is 6.64. The summed E-state index contributed by atoms with van der Waals surface area (Å²) in [6.07, 6.45) is 5.54. The lowest BCUT2D eigenvalue weighted by Gasteiger charge is -2.35. The van der Waals surface area contributed by atoms with Gasteiger partial charge in [-0.05, 0) is 24.3 Å². The summed E-state index contributed by atoms with van der Waals surface area (Å²) in [7, 11) is 0. The Hall–Kier alpha value is -1.09. The van der Waals surface area contributed by atoms with Gasteiger partial charge < -0.3 is 32.6 Å². The average Bonchev–Trinajstić information content (AvgIpc) is 2.63. The molecule has 1 fully saturated rings. The van der Waals surface area contributed by atoms with Crippen molar-refractivity contribution >= 4 is 0 Å². The molecule has 140 valence electrons. The second kappa shape index (κ2) is 11.5. The molecular formula is C20H30ClNO3. The third-order valence-electron chi connectivity index (χ3n) is 4.96. The molecule has 4 N–H and O–H groups in total. The first-order valence-electron chi connectivity index (χ1n) is 9.04. The van der Waals surface area contributed by atoms with Crippen molar-refractivity contribution in [2.45, 2.75) is 37.7 Å². The lowest BCUT2D eigenvalue weighted by Crippen LogP contribution is -3.12. The van der Waals surface area contributed by atoms with Crippen molar-refractivity contribution in [3.63, 3.8) is 0 Å². The number of aliphatic hydroxyl groups is 3. The molecule has 0 aliphatic heterocycles. The fraction of sp³-hybridized carbons (Fsp3) is 0.600. The third kappa shape index (κ3) is 6.29. The standard InChI is InChI=1S/C20H29NO3.ClH/c22-16-14-21(15-17-23)13-7-12-20(24,18-8-3-1-4-9-18)19-10-5-2-6-11-19;/h1,3-4,8-9,19,22-24H,2,5-6,10-11,13-17H2;1H. The van der Waals surface area contributed by atoms with E-state index in [9.17, 15) is 5.11 Å². The van der Waals surface area contributed by atoms with E-state index in [-0.39, 0.29) is 31.5 Å². The zero-order valence-electron chi connectivity index (χ0n) is 14.8. The van der Waals surface area contributed by atoms with Crippen molar-refractivity contribution in [3.8, 4) is 11.8 Å². The van der Waals surface area contributed by atoms with Gasteiger partial charge in [-0.1, -0.05) is 55.5 Å². The molecule has 0 saturated heterocycles. The number of halogens is 1. The van der Waals surface area contributed by atoms with Crippen LogP contribution in [0.1, 0.15) is 37.7 Å². The van der Waals surface area contributed by atoms with Crippen LogP contribution in [0.25, 0.3) is 0 Å². The molecule has 0 amide bonds. The zero-order valence-corrected chi connectivity index (χ0v) is 15.5. The van der Waals surface area contributed by atoms with Crippen molar-refractivity contribution in [3.05, 3.63) is 35.9 Å². The highest BCUT2D eigenvalue weighted by Gasteiger charge is 2.37. The van der Waals surface area contributed by atoms with E-state index in [0.717, 1.165) is 36.1 Å². The molecule has 0 heterocycles. The van der Waals surface area contributed by atoms with E-state index in [1.165, 1.54) is 6.42 Å². The summed E-state index contributed by atoms with van der Waals surface area (Å²) in [6, 6.07) is 9.75. The quantitative estimate of drug-likeness (QED) is 0.398. The Kier molecular flexibility index (Phi) is 10.1. The van der Waals surface area contributed by atoms with Gasteiger partial charge in [0.15, 0.2) is 5.60 Å². The predicted octanol–water partition coefficient (Wildman–Crippen LogP) is -2.67. The van der Waals surface area contributed by atoms with Gasteiger partial charge in [0.2, 0.25) is 0 Å². The Morgan fingerprint density at radius 3 is 2.16 bits per heavy atom. The number of nitrogens with one attached hydrogen (secondary N) is 1. The maximum atomic E-state index is 11.4. The molecule has 1 unspecified atom stereocenters. The molecule has 1 saturated carbocycles. The minimum atomic E-state index is -1.11. The summed E-state index contributed by atoms with van der Waals surface area (Å²) in [5.41, 5.74) is -0.235. The lowest BCUT2D eigenvalue weighted by molar-refractivity contribution is -0.893. The number of hydrogen-bond acceptors (Lipinski definition) is 3. The SMILES string of the molecule is OCC[NH+](CC#CC(O)(c1ccccc1)C1CCCCC1)CCO.[Cl-]. The Morgan fingerprint density at radius 2 is 1.60 bits per heavy atom. The Bertz CT molecular complexity index is 531. The van der Waals surface area contributed by atoms with Crippen LogP contribution in [-0.4, -0.2) is 48.2 Å². The van der Waals surface area contributed by atoms with Gasteiger partial charge in [0.25, 0.3) is 0 Å². The molecule has 0 bridgehead atoms. The smallest absolute Gasteiger partial charge is 0.153 e. The number of hydrogen-bond donors (Lipinski definition) is 4. The highest BCUT2D eigenvalue weighted by atomic mass is 35.5. The molecule has 0 aromatic heterocycles.